The minimum Gasteiger partial charge on any atom is -0.489 e. The maximum atomic E-state index is 12.7. The molecule has 0 unspecified atom stereocenters. The summed E-state index contributed by atoms with van der Waals surface area (Å²) in [4.78, 5) is 16.9. The number of benzene rings is 2. The highest BCUT2D eigenvalue weighted by Crippen LogP contribution is 2.25. The predicted molar refractivity (Wildman–Crippen MR) is 111 cm³/mol. The molecule has 1 saturated heterocycles. The Hall–Kier alpha value is -2.69. The van der Waals surface area contributed by atoms with E-state index in [0.29, 0.717) is 24.5 Å². The standard InChI is InChI=1S/C22H29N3O2/c1-4-18-9-11-19(12-10-18)24-13-15-25(16-14-24)22(26)23-20-7-5-6-8-21(20)27-17(2)3/h5-12,17H,4,13-16H2,1-3H3,(H,23,26). The Balaban J connectivity index is 1.57. The second kappa shape index (κ2) is 8.80. The van der Waals surface area contributed by atoms with Crippen LogP contribution in [0.3, 0.4) is 0 Å². The van der Waals surface area contributed by atoms with Crippen LogP contribution in [0.1, 0.15) is 26.3 Å². The molecule has 0 saturated carbocycles. The number of hydrogen-bond acceptors (Lipinski definition) is 3. The highest BCUT2D eigenvalue weighted by atomic mass is 16.5. The fraction of sp³-hybridized carbons (Fsp3) is 0.409. The van der Waals surface area contributed by atoms with Crippen LogP contribution in [0, 0.1) is 0 Å². The molecule has 5 heteroatoms. The number of piperazine rings is 1. The lowest BCUT2D eigenvalue weighted by atomic mass is 10.1. The van der Waals surface area contributed by atoms with Gasteiger partial charge in [-0.05, 0) is 50.1 Å². The molecule has 0 radical (unpaired) electrons. The summed E-state index contributed by atoms with van der Waals surface area (Å²) < 4.78 is 5.79. The lowest BCUT2D eigenvalue weighted by molar-refractivity contribution is 0.207. The Labute approximate surface area is 161 Å². The minimum atomic E-state index is -0.0733. The number of aryl methyl sites for hydroxylation is 1. The van der Waals surface area contributed by atoms with Gasteiger partial charge >= 0.3 is 6.03 Å². The highest BCUT2D eigenvalue weighted by molar-refractivity contribution is 5.91. The quantitative estimate of drug-likeness (QED) is 0.852. The van der Waals surface area contributed by atoms with Crippen LogP contribution in [0.4, 0.5) is 16.2 Å². The van der Waals surface area contributed by atoms with Crippen LogP contribution in [0.25, 0.3) is 0 Å². The van der Waals surface area contributed by atoms with Crippen molar-refractivity contribution in [3.8, 4) is 5.75 Å². The van der Waals surface area contributed by atoms with E-state index in [-0.39, 0.29) is 12.1 Å². The zero-order chi connectivity index (χ0) is 19.2. The van der Waals surface area contributed by atoms with Crippen LogP contribution in [0.2, 0.25) is 0 Å². The lowest BCUT2D eigenvalue weighted by Crippen LogP contribution is -2.50. The Morgan fingerprint density at radius 3 is 2.33 bits per heavy atom. The molecule has 0 atom stereocenters. The number of rotatable bonds is 5. The first kappa shape index (κ1) is 19.1. The Morgan fingerprint density at radius 1 is 1.04 bits per heavy atom. The zero-order valence-corrected chi connectivity index (χ0v) is 16.4. The van der Waals surface area contributed by atoms with Crippen LogP contribution in [-0.4, -0.2) is 43.2 Å². The number of para-hydroxylation sites is 2. The average Bonchev–Trinajstić information content (AvgIpc) is 2.69. The first-order valence-corrected chi connectivity index (χ1v) is 9.72. The first-order valence-electron chi connectivity index (χ1n) is 9.72. The van der Waals surface area contributed by atoms with Crippen LogP contribution >= 0.6 is 0 Å². The molecule has 0 aliphatic carbocycles. The monoisotopic (exact) mass is 367 g/mol. The van der Waals surface area contributed by atoms with Crippen LogP contribution in [0.5, 0.6) is 5.75 Å². The van der Waals surface area contributed by atoms with Crippen molar-refractivity contribution in [2.75, 3.05) is 36.4 Å². The third kappa shape index (κ3) is 4.94. The molecular weight excluding hydrogens is 338 g/mol. The molecule has 2 aromatic carbocycles. The van der Waals surface area contributed by atoms with Crippen molar-refractivity contribution in [2.45, 2.75) is 33.3 Å². The van der Waals surface area contributed by atoms with Crippen molar-refractivity contribution in [1.29, 1.82) is 0 Å². The van der Waals surface area contributed by atoms with Gasteiger partial charge in [0.15, 0.2) is 0 Å². The number of anilines is 2. The molecule has 5 nitrogen and oxygen atoms in total. The third-order valence-corrected chi connectivity index (χ3v) is 4.77. The number of urea groups is 1. The Bertz CT molecular complexity index is 750. The number of nitrogens with one attached hydrogen (secondary N) is 1. The normalized spacial score (nSPS) is 14.4. The molecule has 1 fully saturated rings. The van der Waals surface area contributed by atoms with Crippen molar-refractivity contribution >= 4 is 17.4 Å². The van der Waals surface area contributed by atoms with E-state index in [2.05, 4.69) is 41.4 Å². The molecule has 0 bridgehead atoms. The van der Waals surface area contributed by atoms with E-state index >= 15 is 0 Å². The van der Waals surface area contributed by atoms with E-state index in [4.69, 9.17) is 4.74 Å². The first-order chi connectivity index (χ1) is 13.1. The van der Waals surface area contributed by atoms with Crippen molar-refractivity contribution in [3.05, 3.63) is 54.1 Å². The van der Waals surface area contributed by atoms with E-state index in [9.17, 15) is 4.79 Å². The van der Waals surface area contributed by atoms with Gasteiger partial charge in [-0.25, -0.2) is 4.79 Å². The molecule has 1 N–H and O–H groups in total. The SMILES string of the molecule is CCc1ccc(N2CCN(C(=O)Nc3ccccc3OC(C)C)CC2)cc1. The van der Waals surface area contributed by atoms with Gasteiger partial charge in [-0.15, -0.1) is 0 Å². The molecular formula is C22H29N3O2. The molecule has 2 aromatic rings. The molecule has 1 aliphatic rings. The summed E-state index contributed by atoms with van der Waals surface area (Å²) in [6.07, 6.45) is 1.11. The maximum Gasteiger partial charge on any atom is 0.322 e. The number of nitrogens with zero attached hydrogens (tertiary/aromatic N) is 2. The number of carbonyl (C=O) groups is 1. The van der Waals surface area contributed by atoms with Gasteiger partial charge < -0.3 is 19.9 Å². The van der Waals surface area contributed by atoms with Gasteiger partial charge in [-0.2, -0.15) is 0 Å². The van der Waals surface area contributed by atoms with Gasteiger partial charge in [-0.1, -0.05) is 31.2 Å². The van der Waals surface area contributed by atoms with E-state index < -0.39 is 0 Å². The lowest BCUT2D eigenvalue weighted by Gasteiger charge is -2.36. The predicted octanol–water partition coefficient (Wildman–Crippen LogP) is 4.39. The van der Waals surface area contributed by atoms with E-state index in [1.807, 2.05) is 43.0 Å². The Morgan fingerprint density at radius 2 is 1.70 bits per heavy atom. The summed E-state index contributed by atoms with van der Waals surface area (Å²) in [6.45, 7) is 9.20. The molecule has 3 rings (SSSR count). The molecule has 0 aromatic heterocycles. The van der Waals surface area contributed by atoms with Crippen molar-refractivity contribution in [1.82, 2.24) is 4.90 Å². The van der Waals surface area contributed by atoms with E-state index in [1.165, 1.54) is 11.3 Å². The highest BCUT2D eigenvalue weighted by Gasteiger charge is 2.22. The summed E-state index contributed by atoms with van der Waals surface area (Å²) in [6, 6.07) is 16.2. The average molecular weight is 367 g/mol. The summed E-state index contributed by atoms with van der Waals surface area (Å²) in [5, 5.41) is 3.00. The second-order valence-electron chi connectivity index (χ2n) is 7.09. The second-order valence-corrected chi connectivity index (χ2v) is 7.09. The number of carbonyl (C=O) groups excluding carboxylic acids is 1. The summed E-state index contributed by atoms with van der Waals surface area (Å²) in [7, 11) is 0. The Kier molecular flexibility index (Phi) is 6.22. The van der Waals surface area contributed by atoms with Gasteiger partial charge in [0, 0.05) is 31.9 Å². The maximum absolute atomic E-state index is 12.7. The topological polar surface area (TPSA) is 44.8 Å². The fourth-order valence-electron chi connectivity index (χ4n) is 3.23. The fourth-order valence-corrected chi connectivity index (χ4v) is 3.23. The van der Waals surface area contributed by atoms with Gasteiger partial charge in [-0.3, -0.25) is 0 Å². The molecule has 27 heavy (non-hydrogen) atoms. The summed E-state index contributed by atoms with van der Waals surface area (Å²) in [5.74, 6) is 0.704. The van der Waals surface area contributed by atoms with Crippen molar-refractivity contribution in [2.24, 2.45) is 0 Å². The molecule has 144 valence electrons. The van der Waals surface area contributed by atoms with Gasteiger partial charge in [0.25, 0.3) is 0 Å². The van der Waals surface area contributed by atoms with E-state index in [0.717, 1.165) is 19.5 Å². The summed E-state index contributed by atoms with van der Waals surface area (Å²) >= 11 is 0. The van der Waals surface area contributed by atoms with Crippen LogP contribution in [-0.2, 0) is 6.42 Å². The molecule has 1 aliphatic heterocycles. The smallest absolute Gasteiger partial charge is 0.322 e. The van der Waals surface area contributed by atoms with Crippen molar-refractivity contribution < 1.29 is 9.53 Å². The third-order valence-electron chi connectivity index (χ3n) is 4.77. The minimum absolute atomic E-state index is 0.0608. The summed E-state index contributed by atoms with van der Waals surface area (Å²) in [5.41, 5.74) is 3.29. The number of hydrogen-bond donors (Lipinski definition) is 1. The van der Waals surface area contributed by atoms with Crippen molar-refractivity contribution in [3.63, 3.8) is 0 Å². The van der Waals surface area contributed by atoms with Gasteiger partial charge in [0.1, 0.15) is 5.75 Å². The number of amides is 2. The van der Waals surface area contributed by atoms with Gasteiger partial charge in [0.2, 0.25) is 0 Å². The zero-order valence-electron chi connectivity index (χ0n) is 16.4. The van der Waals surface area contributed by atoms with Crippen LogP contribution in [0.15, 0.2) is 48.5 Å². The largest absolute Gasteiger partial charge is 0.489 e. The van der Waals surface area contributed by atoms with Gasteiger partial charge in [0.05, 0.1) is 11.8 Å². The molecule has 1 heterocycles. The number of ether oxygens (including phenoxy) is 1. The van der Waals surface area contributed by atoms with E-state index in [1.54, 1.807) is 0 Å². The molecule has 2 amide bonds. The molecule has 0 spiro atoms. The van der Waals surface area contributed by atoms with Crippen LogP contribution < -0.4 is 15.0 Å².